The molecule has 0 saturated carbocycles. The minimum absolute atomic E-state index is 0.0461. The van der Waals surface area contributed by atoms with Crippen molar-refractivity contribution in [2.45, 2.75) is 89.9 Å². The number of nitrogens with one attached hydrogen (secondary N) is 1. The molecule has 2 aliphatic heterocycles. The SMILES string of the molecule is CC1(C)CCC(C)(C)c2cc3c(cc21)-c1c2c(cc4c1-c1ccccc1C4(C)C)Nc1c(cccc1C(C)(C)c1ccc4ccccc4c1)B2N3c1ccc(-c2ccccc2)cc1. The van der Waals surface area contributed by atoms with E-state index in [1.165, 1.54) is 124 Å². The van der Waals surface area contributed by atoms with Crippen molar-refractivity contribution in [2.75, 3.05) is 10.1 Å². The second-order valence-electron chi connectivity index (χ2n) is 21.3. The topological polar surface area (TPSA) is 15.3 Å². The molecule has 0 radical (unpaired) electrons. The highest BCUT2D eigenvalue weighted by Gasteiger charge is 2.50. The predicted octanol–water partition coefficient (Wildman–Crippen LogP) is 14.5. The van der Waals surface area contributed by atoms with E-state index < -0.39 is 0 Å². The third-order valence-corrected chi connectivity index (χ3v) is 16.0. The molecule has 2 heterocycles. The molecule has 0 fully saturated rings. The largest absolute Gasteiger partial charge is 0.376 e. The number of nitrogens with zero attached hydrogens (tertiary/aromatic N) is 1. The van der Waals surface area contributed by atoms with Gasteiger partial charge in [-0.2, -0.15) is 0 Å². The summed E-state index contributed by atoms with van der Waals surface area (Å²) in [5, 5.41) is 6.80. The summed E-state index contributed by atoms with van der Waals surface area (Å²) in [6.45, 7) is 19.5. The average Bonchev–Trinajstić information content (AvgIpc) is 3.52. The summed E-state index contributed by atoms with van der Waals surface area (Å²) in [7, 11) is 0. The van der Waals surface area contributed by atoms with E-state index in [-0.39, 0.29) is 28.5 Å². The van der Waals surface area contributed by atoms with Crippen LogP contribution in [0.1, 0.15) is 102 Å². The second-order valence-corrected chi connectivity index (χ2v) is 21.3. The maximum absolute atomic E-state index is 4.25. The first-order chi connectivity index (χ1) is 30.2. The van der Waals surface area contributed by atoms with Crippen LogP contribution in [0.15, 0.2) is 158 Å². The molecule has 3 heteroatoms. The molecular formula is C60H55BN2. The summed E-state index contributed by atoms with van der Waals surface area (Å²) in [5.74, 6) is 0. The van der Waals surface area contributed by atoms with Gasteiger partial charge in [0.2, 0.25) is 0 Å². The van der Waals surface area contributed by atoms with Gasteiger partial charge in [-0.25, -0.2) is 0 Å². The molecule has 0 amide bonds. The number of hydrogen-bond acceptors (Lipinski definition) is 2. The molecule has 0 unspecified atom stereocenters. The normalized spacial score (nSPS) is 16.9. The van der Waals surface area contributed by atoms with E-state index in [2.05, 4.69) is 223 Å². The molecule has 63 heavy (non-hydrogen) atoms. The van der Waals surface area contributed by atoms with Gasteiger partial charge >= 0.3 is 6.85 Å². The molecule has 8 aromatic carbocycles. The summed E-state index contributed by atoms with van der Waals surface area (Å²) in [5.41, 5.74) is 23.7. The Kier molecular flexibility index (Phi) is 7.99. The molecule has 4 aliphatic rings. The van der Waals surface area contributed by atoms with E-state index in [9.17, 15) is 0 Å². The van der Waals surface area contributed by atoms with Gasteiger partial charge in [0, 0.05) is 39.1 Å². The highest BCUT2D eigenvalue weighted by molar-refractivity contribution is 6.93. The second kappa shape index (κ2) is 13.1. The Balaban J connectivity index is 1.18. The summed E-state index contributed by atoms with van der Waals surface area (Å²) in [4.78, 5) is 2.72. The molecule has 8 aromatic rings. The molecule has 1 N–H and O–H groups in total. The quantitative estimate of drug-likeness (QED) is 0.178. The van der Waals surface area contributed by atoms with Gasteiger partial charge in [-0.15, -0.1) is 0 Å². The van der Waals surface area contributed by atoms with Gasteiger partial charge in [-0.05, 0) is 137 Å². The Bertz CT molecular complexity index is 3210. The Morgan fingerprint density at radius 2 is 1.21 bits per heavy atom. The lowest BCUT2D eigenvalue weighted by Gasteiger charge is -2.47. The Morgan fingerprint density at radius 3 is 1.97 bits per heavy atom. The standard InChI is InChI=1S/C60H55BN2/c1-57(2)31-32-58(3,4)48-36-52-44(34-47(48)57)54-53-43-21-14-15-22-45(43)60(7,8)49(53)35-51-55(54)61(63(52)42-29-26-39(27-30-42)37-17-10-9-11-18-37)50-24-16-23-46(56(50)62-51)59(5,6)41-28-25-38-19-12-13-20-40(38)33-41/h9-30,33-36,62H,31-32H2,1-8H3. The molecule has 2 nitrogen and oxygen atoms in total. The van der Waals surface area contributed by atoms with Crippen molar-refractivity contribution in [3.8, 4) is 33.4 Å². The van der Waals surface area contributed by atoms with Crippen LogP contribution < -0.4 is 21.1 Å². The maximum atomic E-state index is 4.25. The number of rotatable bonds is 4. The van der Waals surface area contributed by atoms with Crippen LogP contribution in [0.3, 0.4) is 0 Å². The zero-order valence-electron chi connectivity index (χ0n) is 37.9. The number of fused-ring (bicyclic) bond motifs is 10. The van der Waals surface area contributed by atoms with Crippen molar-refractivity contribution in [2.24, 2.45) is 0 Å². The summed E-state index contributed by atoms with van der Waals surface area (Å²) >= 11 is 0. The number of para-hydroxylation sites is 1. The van der Waals surface area contributed by atoms with Crippen LogP contribution in [0.4, 0.5) is 22.7 Å². The fourth-order valence-electron chi connectivity index (χ4n) is 12.2. The first-order valence-electron chi connectivity index (χ1n) is 23.1. The fourth-order valence-corrected chi connectivity index (χ4v) is 12.2. The van der Waals surface area contributed by atoms with E-state index >= 15 is 0 Å². The molecule has 308 valence electrons. The average molecular weight is 815 g/mol. The van der Waals surface area contributed by atoms with Crippen molar-refractivity contribution in [3.63, 3.8) is 0 Å². The van der Waals surface area contributed by atoms with E-state index in [4.69, 9.17) is 0 Å². The van der Waals surface area contributed by atoms with Gasteiger partial charge in [-0.3, -0.25) is 0 Å². The van der Waals surface area contributed by atoms with E-state index in [0.717, 1.165) is 0 Å². The lowest BCUT2D eigenvalue weighted by atomic mass is 9.42. The van der Waals surface area contributed by atoms with Crippen LogP contribution in [0, 0.1) is 0 Å². The fraction of sp³-hybridized carbons (Fsp3) is 0.233. The van der Waals surface area contributed by atoms with Crippen molar-refractivity contribution in [3.05, 3.63) is 191 Å². The van der Waals surface area contributed by atoms with Gasteiger partial charge in [0.15, 0.2) is 0 Å². The van der Waals surface area contributed by atoms with Gasteiger partial charge in [0.1, 0.15) is 0 Å². The van der Waals surface area contributed by atoms with Crippen LogP contribution in [-0.2, 0) is 21.7 Å². The molecule has 12 rings (SSSR count). The molecule has 0 saturated heterocycles. The Morgan fingerprint density at radius 1 is 0.540 bits per heavy atom. The van der Waals surface area contributed by atoms with E-state index in [0.29, 0.717) is 0 Å². The van der Waals surface area contributed by atoms with Gasteiger partial charge in [0.05, 0.1) is 0 Å². The Hall–Kier alpha value is -6.32. The predicted molar refractivity (Wildman–Crippen MR) is 270 cm³/mol. The third-order valence-electron chi connectivity index (χ3n) is 16.0. The highest BCUT2D eigenvalue weighted by Crippen LogP contribution is 2.58. The first kappa shape index (κ1) is 38.4. The smallest absolute Gasteiger partial charge is 0.333 e. The van der Waals surface area contributed by atoms with Crippen LogP contribution in [0.25, 0.3) is 44.2 Å². The van der Waals surface area contributed by atoms with Gasteiger partial charge < -0.3 is 10.1 Å². The minimum Gasteiger partial charge on any atom is -0.376 e. The van der Waals surface area contributed by atoms with E-state index in [1.54, 1.807) is 0 Å². The van der Waals surface area contributed by atoms with Crippen molar-refractivity contribution in [1.82, 2.24) is 0 Å². The maximum Gasteiger partial charge on any atom is 0.333 e. The summed E-state index contributed by atoms with van der Waals surface area (Å²) in [6.07, 6.45) is 2.34. The van der Waals surface area contributed by atoms with Crippen molar-refractivity contribution >= 4 is 51.3 Å². The molecule has 2 aliphatic carbocycles. The molecule has 0 aromatic heterocycles. The third kappa shape index (κ3) is 5.44. The number of anilines is 4. The van der Waals surface area contributed by atoms with Gasteiger partial charge in [0.25, 0.3) is 0 Å². The molecular weight excluding hydrogens is 759 g/mol. The van der Waals surface area contributed by atoms with Crippen LogP contribution in [0.2, 0.25) is 0 Å². The first-order valence-corrected chi connectivity index (χ1v) is 23.1. The monoisotopic (exact) mass is 814 g/mol. The number of benzene rings is 8. The zero-order chi connectivity index (χ0) is 43.2. The van der Waals surface area contributed by atoms with Crippen LogP contribution in [-0.4, -0.2) is 6.85 Å². The van der Waals surface area contributed by atoms with Crippen LogP contribution >= 0.6 is 0 Å². The summed E-state index contributed by atoms with van der Waals surface area (Å²) in [6, 6.07) is 60.1. The Labute approximate surface area is 374 Å². The van der Waals surface area contributed by atoms with Crippen molar-refractivity contribution < 1.29 is 0 Å². The lowest BCUT2D eigenvalue weighted by Crippen LogP contribution is -2.61. The lowest BCUT2D eigenvalue weighted by molar-refractivity contribution is 0.332. The number of hydrogen-bond donors (Lipinski definition) is 1. The minimum atomic E-state index is -0.293. The van der Waals surface area contributed by atoms with Crippen molar-refractivity contribution in [1.29, 1.82) is 0 Å². The zero-order valence-corrected chi connectivity index (χ0v) is 37.9. The molecule has 0 atom stereocenters. The van der Waals surface area contributed by atoms with Crippen LogP contribution in [0.5, 0.6) is 0 Å². The highest BCUT2D eigenvalue weighted by atomic mass is 15.1. The molecule has 0 bridgehead atoms. The van der Waals surface area contributed by atoms with Gasteiger partial charge in [-0.1, -0.05) is 183 Å². The van der Waals surface area contributed by atoms with E-state index in [1.807, 2.05) is 0 Å². The molecule has 0 spiro atoms. The summed E-state index contributed by atoms with van der Waals surface area (Å²) < 4.78 is 0.